The van der Waals surface area contributed by atoms with Crippen LogP contribution in [0.1, 0.15) is 34.0 Å². The Balaban J connectivity index is 0.00000363. The first-order chi connectivity index (χ1) is 14.7. The Bertz CT molecular complexity index is 1140. The Morgan fingerprint density at radius 3 is 2.12 bits per heavy atom. The second kappa shape index (κ2) is 11.5. The van der Waals surface area contributed by atoms with E-state index in [9.17, 15) is 19.0 Å². The van der Waals surface area contributed by atoms with Gasteiger partial charge in [0.2, 0.25) is 5.91 Å². The average Bonchev–Trinajstić information content (AvgIpc) is 2.74. The number of carbonyl (C=O) groups excluding carboxylic acids is 2. The Kier molecular flexibility index (Phi) is 9.25. The summed E-state index contributed by atoms with van der Waals surface area (Å²) in [5, 5.41) is 2.61. The zero-order chi connectivity index (χ0) is 22.4. The molecule has 0 aliphatic carbocycles. The molecule has 3 aromatic carbocycles. The van der Waals surface area contributed by atoms with Crippen LogP contribution in [0.15, 0.2) is 72.8 Å². The van der Waals surface area contributed by atoms with Gasteiger partial charge in [0.25, 0.3) is 0 Å². The number of phosphoric ester groups is 1. The van der Waals surface area contributed by atoms with E-state index >= 15 is 0 Å². The van der Waals surface area contributed by atoms with Crippen LogP contribution in [0.4, 0.5) is 0 Å². The van der Waals surface area contributed by atoms with Gasteiger partial charge in [-0.1, -0.05) is 48.5 Å². The first-order valence-corrected chi connectivity index (χ1v) is 10.9. The van der Waals surface area contributed by atoms with Crippen molar-refractivity contribution in [2.24, 2.45) is 0 Å². The van der Waals surface area contributed by atoms with Crippen molar-refractivity contribution in [3.8, 4) is 11.5 Å². The van der Waals surface area contributed by atoms with Crippen molar-refractivity contribution in [3.63, 3.8) is 0 Å². The molecular weight excluding hydrogens is 440 g/mol. The molecule has 160 valence electrons. The average molecular weight is 461 g/mol. The molecule has 32 heavy (non-hydrogen) atoms. The molecular formula is C23H21NNaO6P. The van der Waals surface area contributed by atoms with Crippen LogP contribution in [0.2, 0.25) is 0 Å². The number of nitrogens with one attached hydrogen (secondary N) is 1. The van der Waals surface area contributed by atoms with Crippen LogP contribution < -0.4 is 48.8 Å². The van der Waals surface area contributed by atoms with Crippen molar-refractivity contribution in [3.05, 3.63) is 95.1 Å². The first-order valence-electron chi connectivity index (χ1n) is 9.48. The van der Waals surface area contributed by atoms with E-state index in [1.165, 1.54) is 25.1 Å². The van der Waals surface area contributed by atoms with Crippen LogP contribution in [-0.4, -0.2) is 11.7 Å². The summed E-state index contributed by atoms with van der Waals surface area (Å²) in [5.41, 5.74) is 1.58. The van der Waals surface area contributed by atoms with Gasteiger partial charge in [-0.3, -0.25) is 9.59 Å². The maximum Gasteiger partial charge on any atom is 1.00 e. The smallest absolute Gasteiger partial charge is 0.736 e. The van der Waals surface area contributed by atoms with Crippen molar-refractivity contribution in [1.82, 2.24) is 5.32 Å². The number of ketones is 1. The molecule has 3 aromatic rings. The van der Waals surface area contributed by atoms with Gasteiger partial charge in [-0.05, 0) is 36.8 Å². The minimum absolute atomic E-state index is 0. The zero-order valence-corrected chi connectivity index (χ0v) is 20.9. The molecule has 0 bridgehead atoms. The van der Waals surface area contributed by atoms with Gasteiger partial charge in [0, 0.05) is 30.2 Å². The first kappa shape index (κ1) is 25.8. The number of amides is 1. The monoisotopic (exact) mass is 461 g/mol. The standard InChI is InChI=1S/C23H22NO6P.Na/c1-16-13-19(22(26)18-9-5-3-6-10-18)14-20(15-24-17(2)25)23(16)30-31(27,28)29-21-11-7-4-8-12-21;/h3-14H,15H2,1-2H3,(H,24,25)(H,27,28);/q;+1/p-1. The van der Waals surface area contributed by atoms with Gasteiger partial charge in [-0.15, -0.1) is 0 Å². The third-order valence-corrected chi connectivity index (χ3v) is 5.18. The van der Waals surface area contributed by atoms with E-state index in [-0.39, 0.29) is 59.3 Å². The fourth-order valence-electron chi connectivity index (χ4n) is 2.96. The number of hydrogen-bond acceptors (Lipinski definition) is 6. The van der Waals surface area contributed by atoms with Crippen molar-refractivity contribution >= 4 is 19.5 Å². The van der Waals surface area contributed by atoms with Crippen molar-refractivity contribution in [2.75, 3.05) is 0 Å². The summed E-state index contributed by atoms with van der Waals surface area (Å²) in [6.45, 7) is 2.94. The normalized spacial score (nSPS) is 12.1. The summed E-state index contributed by atoms with van der Waals surface area (Å²) in [4.78, 5) is 36.8. The number of hydrogen-bond donors (Lipinski definition) is 1. The molecule has 0 fully saturated rings. The number of para-hydroxylation sites is 1. The van der Waals surface area contributed by atoms with Gasteiger partial charge in [-0.2, -0.15) is 0 Å². The molecule has 0 aromatic heterocycles. The van der Waals surface area contributed by atoms with E-state index < -0.39 is 7.82 Å². The molecule has 3 rings (SSSR count). The predicted octanol–water partition coefficient (Wildman–Crippen LogP) is 0.792. The Hall–Kier alpha value is -2.41. The molecule has 0 spiro atoms. The Morgan fingerprint density at radius 2 is 1.53 bits per heavy atom. The number of phosphoric acid groups is 1. The molecule has 1 amide bonds. The van der Waals surface area contributed by atoms with Crippen LogP contribution in [0, 0.1) is 6.92 Å². The molecule has 0 aliphatic rings. The van der Waals surface area contributed by atoms with E-state index in [1.54, 1.807) is 61.5 Å². The van der Waals surface area contributed by atoms with E-state index in [0.717, 1.165) is 0 Å². The molecule has 1 N–H and O–H groups in total. The number of aryl methyl sites for hydroxylation is 1. The summed E-state index contributed by atoms with van der Waals surface area (Å²) in [5.74, 6) is -0.426. The molecule has 1 atom stereocenters. The van der Waals surface area contributed by atoms with Gasteiger partial charge >= 0.3 is 37.4 Å². The number of carbonyl (C=O) groups is 2. The van der Waals surface area contributed by atoms with Crippen LogP contribution in [0.25, 0.3) is 0 Å². The minimum Gasteiger partial charge on any atom is -0.736 e. The molecule has 7 nitrogen and oxygen atoms in total. The summed E-state index contributed by atoms with van der Waals surface area (Å²) in [6, 6.07) is 19.7. The van der Waals surface area contributed by atoms with Crippen LogP contribution >= 0.6 is 7.82 Å². The van der Waals surface area contributed by atoms with E-state index in [0.29, 0.717) is 22.3 Å². The fraction of sp³-hybridized carbons (Fsp3) is 0.130. The predicted molar refractivity (Wildman–Crippen MR) is 114 cm³/mol. The van der Waals surface area contributed by atoms with Crippen molar-refractivity contribution < 1.29 is 57.7 Å². The molecule has 1 unspecified atom stereocenters. The Labute approximate surface area is 208 Å². The molecule has 0 radical (unpaired) electrons. The minimum atomic E-state index is -4.78. The van der Waals surface area contributed by atoms with Gasteiger partial charge in [-0.25, -0.2) is 4.57 Å². The number of rotatable bonds is 8. The van der Waals surface area contributed by atoms with Gasteiger partial charge in [0.05, 0.1) is 0 Å². The summed E-state index contributed by atoms with van der Waals surface area (Å²) in [6.07, 6.45) is 0. The van der Waals surface area contributed by atoms with Crippen molar-refractivity contribution in [1.29, 1.82) is 0 Å². The zero-order valence-electron chi connectivity index (χ0n) is 18.0. The third kappa shape index (κ3) is 7.05. The van der Waals surface area contributed by atoms with E-state index in [2.05, 4.69) is 5.32 Å². The topological polar surface area (TPSA) is 105 Å². The second-order valence-electron chi connectivity index (χ2n) is 6.83. The van der Waals surface area contributed by atoms with Gasteiger partial charge in [0.15, 0.2) is 5.78 Å². The van der Waals surface area contributed by atoms with E-state index in [1.807, 2.05) is 0 Å². The fourth-order valence-corrected chi connectivity index (χ4v) is 3.86. The molecule has 0 aliphatic heterocycles. The maximum absolute atomic E-state index is 12.9. The van der Waals surface area contributed by atoms with Gasteiger partial charge < -0.3 is 19.3 Å². The largest absolute Gasteiger partial charge is 1.00 e. The quantitative estimate of drug-likeness (QED) is 0.302. The Morgan fingerprint density at radius 1 is 0.938 bits per heavy atom. The van der Waals surface area contributed by atoms with E-state index in [4.69, 9.17) is 9.05 Å². The molecule has 0 saturated heterocycles. The molecule has 0 heterocycles. The molecule has 0 saturated carbocycles. The number of benzene rings is 3. The van der Waals surface area contributed by atoms with Gasteiger partial charge in [0.1, 0.15) is 11.5 Å². The summed E-state index contributed by atoms with van der Waals surface area (Å²) < 4.78 is 22.7. The molecule has 9 heteroatoms. The van der Waals surface area contributed by atoms with Crippen LogP contribution in [-0.2, 0) is 15.9 Å². The SMILES string of the molecule is CC(=O)NCc1cc(C(=O)c2ccccc2)cc(C)c1OP(=O)([O-])Oc1ccccc1.[Na+]. The second-order valence-corrected chi connectivity index (χ2v) is 8.09. The third-order valence-electron chi connectivity index (χ3n) is 4.34. The van der Waals surface area contributed by atoms with Crippen molar-refractivity contribution in [2.45, 2.75) is 20.4 Å². The van der Waals surface area contributed by atoms with Crippen LogP contribution in [0.5, 0.6) is 11.5 Å². The maximum atomic E-state index is 12.9. The summed E-state index contributed by atoms with van der Waals surface area (Å²) >= 11 is 0. The van der Waals surface area contributed by atoms with Crippen LogP contribution in [0.3, 0.4) is 0 Å². The summed E-state index contributed by atoms with van der Waals surface area (Å²) in [7, 11) is -4.78.